The van der Waals surface area contributed by atoms with Crippen LogP contribution in [0.2, 0.25) is 0 Å². The molecular formula is C16H13F2NO6S. The highest BCUT2D eigenvalue weighted by molar-refractivity contribution is 7.92. The summed E-state index contributed by atoms with van der Waals surface area (Å²) < 4.78 is 62.7. The number of nitrogens with one attached hydrogen (secondary N) is 1. The van der Waals surface area contributed by atoms with Crippen LogP contribution in [-0.2, 0) is 19.5 Å². The molecule has 0 fully saturated rings. The highest BCUT2D eigenvalue weighted by Crippen LogP contribution is 2.23. The molecule has 7 nitrogen and oxygen atoms in total. The topological polar surface area (TPSA) is 98.8 Å². The summed E-state index contributed by atoms with van der Waals surface area (Å²) in [7, 11) is -2.34. The van der Waals surface area contributed by atoms with Crippen LogP contribution in [0.1, 0.15) is 20.7 Å². The lowest BCUT2D eigenvalue weighted by atomic mass is 10.1. The first-order valence-corrected chi connectivity index (χ1v) is 8.46. The van der Waals surface area contributed by atoms with E-state index in [1.54, 1.807) is 0 Å². The Labute approximate surface area is 147 Å². The molecule has 138 valence electrons. The van der Waals surface area contributed by atoms with E-state index < -0.39 is 38.5 Å². The van der Waals surface area contributed by atoms with Gasteiger partial charge < -0.3 is 9.47 Å². The summed E-state index contributed by atoms with van der Waals surface area (Å²) in [6, 6.07) is 5.22. The third-order valence-corrected chi connectivity index (χ3v) is 4.61. The van der Waals surface area contributed by atoms with Crippen LogP contribution < -0.4 is 4.72 Å². The van der Waals surface area contributed by atoms with Gasteiger partial charge in [0, 0.05) is 0 Å². The molecule has 0 bridgehead atoms. The van der Waals surface area contributed by atoms with E-state index in [1.807, 2.05) is 4.72 Å². The predicted octanol–water partition coefficient (Wildman–Crippen LogP) is 2.34. The lowest BCUT2D eigenvalue weighted by Gasteiger charge is -2.11. The molecule has 0 spiro atoms. The molecular weight excluding hydrogens is 372 g/mol. The fraction of sp³-hybridized carbons (Fsp3) is 0.125. The van der Waals surface area contributed by atoms with Gasteiger partial charge in [-0.05, 0) is 36.4 Å². The van der Waals surface area contributed by atoms with Crippen molar-refractivity contribution in [3.63, 3.8) is 0 Å². The second-order valence-corrected chi connectivity index (χ2v) is 6.61. The van der Waals surface area contributed by atoms with Crippen LogP contribution >= 0.6 is 0 Å². The van der Waals surface area contributed by atoms with Crippen LogP contribution in [0, 0.1) is 11.6 Å². The van der Waals surface area contributed by atoms with Crippen LogP contribution in [0.4, 0.5) is 14.5 Å². The Bertz CT molecular complexity index is 940. The largest absolute Gasteiger partial charge is 0.465 e. The Balaban J connectivity index is 2.52. The van der Waals surface area contributed by atoms with Crippen LogP contribution in [0.3, 0.4) is 0 Å². The van der Waals surface area contributed by atoms with Crippen LogP contribution in [0.5, 0.6) is 0 Å². The van der Waals surface area contributed by atoms with E-state index in [2.05, 4.69) is 9.47 Å². The Hall–Kier alpha value is -3.01. The molecule has 2 rings (SSSR count). The summed E-state index contributed by atoms with van der Waals surface area (Å²) in [6.07, 6.45) is 0. The highest BCUT2D eigenvalue weighted by atomic mass is 32.2. The van der Waals surface area contributed by atoms with Crippen LogP contribution in [0.15, 0.2) is 41.3 Å². The van der Waals surface area contributed by atoms with Gasteiger partial charge in [0.2, 0.25) is 0 Å². The van der Waals surface area contributed by atoms with E-state index in [-0.39, 0.29) is 16.8 Å². The van der Waals surface area contributed by atoms with Crippen molar-refractivity contribution in [2.75, 3.05) is 18.9 Å². The number of carbonyl (C=O) groups excluding carboxylic acids is 2. The SMILES string of the molecule is COC(=O)c1cc(NS(=O)(=O)c2cc(F)ccc2F)cc(C(=O)OC)c1. The number of anilines is 1. The first kappa shape index (κ1) is 19.3. The minimum absolute atomic E-state index is 0.146. The van der Waals surface area contributed by atoms with Gasteiger partial charge in [0.15, 0.2) is 0 Å². The monoisotopic (exact) mass is 385 g/mol. The number of hydrogen-bond acceptors (Lipinski definition) is 6. The van der Waals surface area contributed by atoms with Gasteiger partial charge in [0.25, 0.3) is 10.0 Å². The van der Waals surface area contributed by atoms with Crippen molar-refractivity contribution in [3.8, 4) is 0 Å². The van der Waals surface area contributed by atoms with Crippen molar-refractivity contribution in [2.45, 2.75) is 4.90 Å². The van der Waals surface area contributed by atoms with Crippen molar-refractivity contribution in [1.82, 2.24) is 0 Å². The van der Waals surface area contributed by atoms with E-state index in [1.165, 1.54) is 0 Å². The lowest BCUT2D eigenvalue weighted by Crippen LogP contribution is -2.16. The fourth-order valence-corrected chi connectivity index (χ4v) is 3.18. The summed E-state index contributed by atoms with van der Waals surface area (Å²) in [5.41, 5.74) is -0.530. The molecule has 10 heteroatoms. The van der Waals surface area contributed by atoms with E-state index in [4.69, 9.17) is 0 Å². The van der Waals surface area contributed by atoms with Gasteiger partial charge in [-0.3, -0.25) is 4.72 Å². The molecule has 2 aromatic carbocycles. The van der Waals surface area contributed by atoms with Gasteiger partial charge in [0.05, 0.1) is 31.0 Å². The van der Waals surface area contributed by atoms with Crippen molar-refractivity contribution in [2.24, 2.45) is 0 Å². The predicted molar refractivity (Wildman–Crippen MR) is 86.3 cm³/mol. The number of esters is 2. The number of sulfonamides is 1. The molecule has 0 heterocycles. The molecule has 1 N–H and O–H groups in total. The van der Waals surface area contributed by atoms with E-state index in [9.17, 15) is 26.8 Å². The second-order valence-electron chi connectivity index (χ2n) is 4.96. The van der Waals surface area contributed by atoms with Gasteiger partial charge in [-0.15, -0.1) is 0 Å². The van der Waals surface area contributed by atoms with E-state index in [0.717, 1.165) is 38.5 Å². The number of ether oxygens (including phenoxy) is 2. The van der Waals surface area contributed by atoms with Gasteiger partial charge in [-0.25, -0.2) is 26.8 Å². The minimum Gasteiger partial charge on any atom is -0.465 e. The maximum Gasteiger partial charge on any atom is 0.337 e. The number of halogens is 2. The second kappa shape index (κ2) is 7.48. The van der Waals surface area contributed by atoms with Crippen molar-refractivity contribution in [3.05, 3.63) is 59.2 Å². The summed E-state index contributed by atoms with van der Waals surface area (Å²) in [5, 5.41) is 0. The number of methoxy groups -OCH3 is 2. The number of hydrogen-bond donors (Lipinski definition) is 1. The molecule has 0 unspecified atom stereocenters. The van der Waals surface area contributed by atoms with Crippen molar-refractivity contribution < 1.29 is 36.3 Å². The highest BCUT2D eigenvalue weighted by Gasteiger charge is 2.22. The smallest absolute Gasteiger partial charge is 0.337 e. The molecule has 0 saturated carbocycles. The molecule has 0 aliphatic rings. The Morgan fingerprint density at radius 1 is 0.923 bits per heavy atom. The fourth-order valence-electron chi connectivity index (χ4n) is 2.05. The Morgan fingerprint density at radius 3 is 1.96 bits per heavy atom. The Kier molecular flexibility index (Phi) is 5.56. The molecule has 0 amide bonds. The third kappa shape index (κ3) is 4.14. The molecule has 26 heavy (non-hydrogen) atoms. The summed E-state index contributed by atoms with van der Waals surface area (Å²) in [4.78, 5) is 22.5. The van der Waals surface area contributed by atoms with E-state index >= 15 is 0 Å². The Morgan fingerprint density at radius 2 is 1.46 bits per heavy atom. The van der Waals surface area contributed by atoms with Gasteiger partial charge in [0.1, 0.15) is 16.5 Å². The first-order valence-electron chi connectivity index (χ1n) is 6.97. The first-order chi connectivity index (χ1) is 12.2. The minimum atomic E-state index is -4.53. The quantitative estimate of drug-likeness (QED) is 0.794. The zero-order chi connectivity index (χ0) is 19.5. The molecule has 0 atom stereocenters. The van der Waals surface area contributed by atoms with Crippen molar-refractivity contribution in [1.29, 1.82) is 0 Å². The summed E-state index contributed by atoms with van der Waals surface area (Å²) in [5.74, 6) is -3.80. The van der Waals surface area contributed by atoms with Crippen molar-refractivity contribution >= 4 is 27.6 Å². The van der Waals surface area contributed by atoms with Gasteiger partial charge in [-0.2, -0.15) is 0 Å². The summed E-state index contributed by atoms with van der Waals surface area (Å²) >= 11 is 0. The normalized spacial score (nSPS) is 10.9. The van der Waals surface area contributed by atoms with Gasteiger partial charge >= 0.3 is 11.9 Å². The number of benzene rings is 2. The molecule has 0 aliphatic carbocycles. The zero-order valence-electron chi connectivity index (χ0n) is 13.6. The maximum atomic E-state index is 13.8. The molecule has 0 aliphatic heterocycles. The van der Waals surface area contributed by atoms with Gasteiger partial charge in [-0.1, -0.05) is 0 Å². The van der Waals surface area contributed by atoms with Crippen LogP contribution in [0.25, 0.3) is 0 Å². The maximum absolute atomic E-state index is 13.8. The third-order valence-electron chi connectivity index (χ3n) is 3.21. The molecule has 0 saturated heterocycles. The molecule has 0 radical (unpaired) electrons. The number of rotatable bonds is 5. The lowest BCUT2D eigenvalue weighted by molar-refractivity contribution is 0.0599. The average molecular weight is 385 g/mol. The summed E-state index contributed by atoms with van der Waals surface area (Å²) in [6.45, 7) is 0. The standard InChI is InChI=1S/C16H13F2NO6S/c1-24-15(20)9-5-10(16(21)25-2)7-12(6-9)19-26(22,23)14-8-11(17)3-4-13(14)18/h3-8,19H,1-2H3. The zero-order valence-corrected chi connectivity index (χ0v) is 14.4. The molecule has 0 aromatic heterocycles. The molecule has 2 aromatic rings. The average Bonchev–Trinajstić information content (AvgIpc) is 2.61. The number of carbonyl (C=O) groups is 2. The van der Waals surface area contributed by atoms with Crippen LogP contribution in [-0.4, -0.2) is 34.6 Å². The van der Waals surface area contributed by atoms with E-state index in [0.29, 0.717) is 12.1 Å².